The molecule has 0 aliphatic rings. The Bertz CT molecular complexity index is 697. The molecule has 1 rings (SSSR count). The van der Waals surface area contributed by atoms with Crippen molar-refractivity contribution >= 4 is 0 Å². The molecule has 1 aromatic rings. The second-order valence-corrected chi connectivity index (χ2v) is 11.2. The van der Waals surface area contributed by atoms with Crippen LogP contribution < -0.4 is 0 Å². The van der Waals surface area contributed by atoms with Gasteiger partial charge in [-0.3, -0.25) is 0 Å². The Kier molecular flexibility index (Phi) is 36.6. The molecule has 0 aliphatic carbocycles. The summed E-state index contributed by atoms with van der Waals surface area (Å²) < 4.78 is 55.3. The number of hydrogen-bond acceptors (Lipinski definition) is 10. The number of ether oxygens (including phenoxy) is 10. The first-order valence-electron chi connectivity index (χ1n) is 18.2. The summed E-state index contributed by atoms with van der Waals surface area (Å²) in [6, 6.07) is 10.1. The lowest BCUT2D eigenvalue weighted by atomic mass is 10.1. The molecule has 0 atom stereocenters. The Morgan fingerprint density at radius 1 is 0.298 bits per heavy atom. The fraction of sp³-hybridized carbons (Fsp3) is 0.838. The van der Waals surface area contributed by atoms with Gasteiger partial charge in [-0.15, -0.1) is 0 Å². The van der Waals surface area contributed by atoms with Gasteiger partial charge in [-0.2, -0.15) is 0 Å². The van der Waals surface area contributed by atoms with E-state index in [9.17, 15) is 0 Å². The molecule has 0 saturated carbocycles. The van der Waals surface area contributed by atoms with Gasteiger partial charge in [0.05, 0.1) is 126 Å². The topological polar surface area (TPSA) is 92.3 Å². The summed E-state index contributed by atoms with van der Waals surface area (Å²) in [7, 11) is 0. The zero-order valence-electron chi connectivity index (χ0n) is 29.7. The average molecular weight is 673 g/mol. The van der Waals surface area contributed by atoms with Gasteiger partial charge in [-0.1, -0.05) is 95.0 Å². The zero-order valence-corrected chi connectivity index (χ0v) is 29.7. The van der Waals surface area contributed by atoms with Crippen LogP contribution in [-0.2, 0) is 54.0 Å². The van der Waals surface area contributed by atoms with E-state index in [4.69, 9.17) is 47.4 Å². The lowest BCUT2D eigenvalue weighted by Crippen LogP contribution is -2.15. The summed E-state index contributed by atoms with van der Waals surface area (Å²) in [4.78, 5) is 0. The van der Waals surface area contributed by atoms with Crippen molar-refractivity contribution in [1.29, 1.82) is 0 Å². The maximum atomic E-state index is 5.65. The van der Waals surface area contributed by atoms with Crippen LogP contribution >= 0.6 is 0 Å². The molecule has 0 spiro atoms. The highest BCUT2D eigenvalue weighted by molar-refractivity contribution is 5.13. The fourth-order valence-electron chi connectivity index (χ4n) is 4.44. The Labute approximate surface area is 286 Å². The fourth-order valence-corrected chi connectivity index (χ4v) is 4.44. The van der Waals surface area contributed by atoms with Crippen molar-refractivity contribution in [2.45, 2.75) is 77.7 Å². The van der Waals surface area contributed by atoms with Crippen LogP contribution in [0.2, 0.25) is 0 Å². The smallest absolute Gasteiger partial charge is 0.0718 e. The minimum absolute atomic E-state index is 0.527. The first kappa shape index (κ1) is 43.8. The molecular formula is C37H68O10. The van der Waals surface area contributed by atoms with Gasteiger partial charge in [-0.05, 0) is 12.0 Å². The number of unbranched alkanes of at least 4 members (excludes halogenated alkanes) is 9. The second kappa shape index (κ2) is 39.3. The van der Waals surface area contributed by atoms with Crippen LogP contribution in [0.5, 0.6) is 0 Å². The van der Waals surface area contributed by atoms with Crippen molar-refractivity contribution in [3.8, 4) is 0 Å². The van der Waals surface area contributed by atoms with Crippen LogP contribution in [0.1, 0.15) is 76.7 Å². The van der Waals surface area contributed by atoms with Gasteiger partial charge in [0.1, 0.15) is 0 Å². The zero-order chi connectivity index (χ0) is 33.4. The first-order valence-corrected chi connectivity index (χ1v) is 18.2. The van der Waals surface area contributed by atoms with Crippen LogP contribution in [0.3, 0.4) is 0 Å². The van der Waals surface area contributed by atoms with Gasteiger partial charge in [0, 0.05) is 6.61 Å². The van der Waals surface area contributed by atoms with E-state index in [-0.39, 0.29) is 0 Å². The molecular weight excluding hydrogens is 604 g/mol. The van der Waals surface area contributed by atoms with Crippen LogP contribution in [0.25, 0.3) is 0 Å². The van der Waals surface area contributed by atoms with E-state index in [1.807, 2.05) is 30.3 Å². The predicted octanol–water partition coefficient (Wildman–Crippen LogP) is 6.27. The van der Waals surface area contributed by atoms with E-state index in [1.54, 1.807) is 0 Å². The molecule has 0 heterocycles. The summed E-state index contributed by atoms with van der Waals surface area (Å²) >= 11 is 0. The molecule has 47 heavy (non-hydrogen) atoms. The van der Waals surface area contributed by atoms with Gasteiger partial charge in [-0.25, -0.2) is 0 Å². The quantitative estimate of drug-likeness (QED) is 0.0743. The summed E-state index contributed by atoms with van der Waals surface area (Å²) in [5, 5.41) is 0. The van der Waals surface area contributed by atoms with Gasteiger partial charge >= 0.3 is 0 Å². The summed E-state index contributed by atoms with van der Waals surface area (Å²) in [5.41, 5.74) is 1.16. The second-order valence-electron chi connectivity index (χ2n) is 11.2. The third-order valence-corrected chi connectivity index (χ3v) is 7.10. The van der Waals surface area contributed by atoms with Crippen LogP contribution in [-0.4, -0.2) is 126 Å². The largest absolute Gasteiger partial charge is 0.379 e. The van der Waals surface area contributed by atoms with Crippen LogP contribution in [0, 0.1) is 0 Å². The molecule has 1 aromatic carbocycles. The van der Waals surface area contributed by atoms with Gasteiger partial charge in [0.15, 0.2) is 0 Å². The molecule has 0 unspecified atom stereocenters. The molecule has 0 radical (unpaired) electrons. The summed E-state index contributed by atoms with van der Waals surface area (Å²) in [5.74, 6) is 0. The lowest BCUT2D eigenvalue weighted by Gasteiger charge is -2.09. The first-order chi connectivity index (χ1) is 23.4. The molecule has 276 valence electrons. The minimum atomic E-state index is 0.527. The normalized spacial score (nSPS) is 11.5. The Morgan fingerprint density at radius 2 is 0.574 bits per heavy atom. The predicted molar refractivity (Wildman–Crippen MR) is 185 cm³/mol. The van der Waals surface area contributed by atoms with Crippen molar-refractivity contribution in [1.82, 2.24) is 0 Å². The molecule has 0 bridgehead atoms. The van der Waals surface area contributed by atoms with Crippen molar-refractivity contribution in [2.75, 3.05) is 126 Å². The Balaban J connectivity index is 1.60. The SMILES string of the molecule is CCCCCCCCCCCCOCCOCCOCCOCCOCCOCCOCCOCCOCCOCc1ccccc1. The highest BCUT2D eigenvalue weighted by Crippen LogP contribution is 2.10. The third kappa shape index (κ3) is 35.9. The third-order valence-electron chi connectivity index (χ3n) is 7.10. The van der Waals surface area contributed by atoms with Crippen molar-refractivity contribution in [3.63, 3.8) is 0 Å². The minimum Gasteiger partial charge on any atom is -0.379 e. The van der Waals surface area contributed by atoms with Crippen molar-refractivity contribution < 1.29 is 47.4 Å². The van der Waals surface area contributed by atoms with Gasteiger partial charge < -0.3 is 47.4 Å². The van der Waals surface area contributed by atoms with E-state index in [0.29, 0.717) is 126 Å². The monoisotopic (exact) mass is 672 g/mol. The van der Waals surface area contributed by atoms with E-state index >= 15 is 0 Å². The van der Waals surface area contributed by atoms with Crippen molar-refractivity contribution in [2.24, 2.45) is 0 Å². The molecule has 0 amide bonds. The lowest BCUT2D eigenvalue weighted by molar-refractivity contribution is -0.0267. The van der Waals surface area contributed by atoms with Crippen LogP contribution in [0.4, 0.5) is 0 Å². The van der Waals surface area contributed by atoms with Crippen molar-refractivity contribution in [3.05, 3.63) is 35.9 Å². The highest BCUT2D eigenvalue weighted by Gasteiger charge is 1.97. The molecule has 10 nitrogen and oxygen atoms in total. The van der Waals surface area contributed by atoms with E-state index < -0.39 is 0 Å². The molecule has 0 N–H and O–H groups in total. The van der Waals surface area contributed by atoms with Crippen LogP contribution in [0.15, 0.2) is 30.3 Å². The Morgan fingerprint density at radius 3 is 0.915 bits per heavy atom. The highest BCUT2D eigenvalue weighted by atomic mass is 16.6. The van der Waals surface area contributed by atoms with E-state index in [1.165, 1.54) is 57.8 Å². The van der Waals surface area contributed by atoms with E-state index in [2.05, 4.69) is 6.92 Å². The standard InChI is InChI=1S/C37H68O10/c1-2-3-4-5-6-7-8-9-10-14-17-38-18-19-39-20-21-40-22-23-41-24-25-42-26-27-43-28-29-44-30-31-45-32-33-46-34-35-47-36-37-15-12-11-13-16-37/h11-13,15-16H,2-10,14,17-36H2,1H3. The molecule has 0 saturated heterocycles. The van der Waals surface area contributed by atoms with Gasteiger partial charge in [0.2, 0.25) is 0 Å². The number of hydrogen-bond donors (Lipinski definition) is 0. The molecule has 0 aliphatic heterocycles. The number of benzene rings is 1. The molecule has 10 heteroatoms. The number of rotatable bonds is 40. The Hall–Kier alpha value is -1.18. The maximum absolute atomic E-state index is 5.65. The summed E-state index contributed by atoms with van der Waals surface area (Å²) in [6.45, 7) is 13.7. The molecule has 0 aromatic heterocycles. The van der Waals surface area contributed by atoms with E-state index in [0.717, 1.165) is 18.6 Å². The molecule has 0 fully saturated rings. The maximum Gasteiger partial charge on any atom is 0.0718 e. The summed E-state index contributed by atoms with van der Waals surface area (Å²) in [6.07, 6.45) is 13.4. The average Bonchev–Trinajstić information content (AvgIpc) is 3.09. The van der Waals surface area contributed by atoms with Gasteiger partial charge in [0.25, 0.3) is 0 Å².